The number of rotatable bonds is 9. The third-order valence-electron chi connectivity index (χ3n) is 4.16. The monoisotopic (exact) mass is 406 g/mol. The van der Waals surface area contributed by atoms with Crippen molar-refractivity contribution < 1.29 is 13.2 Å². The van der Waals surface area contributed by atoms with Gasteiger partial charge in [0.2, 0.25) is 10.0 Å². The van der Waals surface area contributed by atoms with Crippen LogP contribution in [0.1, 0.15) is 28.4 Å². The van der Waals surface area contributed by atoms with Crippen LogP contribution in [0.2, 0.25) is 0 Å². The molecule has 0 aliphatic heterocycles. The maximum Gasteiger partial charge on any atom is 0.251 e. The molecule has 146 valence electrons. The molecule has 0 spiro atoms. The van der Waals surface area contributed by atoms with E-state index in [4.69, 9.17) is 0 Å². The number of aryl methyl sites for hydroxylation is 1. The molecule has 0 radical (unpaired) electrons. The fourth-order valence-electron chi connectivity index (χ4n) is 2.68. The fraction of sp³-hybridized carbons (Fsp3) is 0.350. The molecule has 1 amide bonds. The van der Waals surface area contributed by atoms with Gasteiger partial charge in [0.15, 0.2) is 0 Å². The van der Waals surface area contributed by atoms with E-state index in [0.29, 0.717) is 24.3 Å². The van der Waals surface area contributed by atoms with E-state index in [2.05, 4.69) is 24.4 Å². The van der Waals surface area contributed by atoms with Crippen LogP contribution in [0.25, 0.3) is 0 Å². The molecule has 0 saturated carbocycles. The van der Waals surface area contributed by atoms with Crippen molar-refractivity contribution in [3.63, 3.8) is 0 Å². The average molecular weight is 407 g/mol. The highest BCUT2D eigenvalue weighted by Crippen LogP contribution is 2.18. The van der Waals surface area contributed by atoms with Gasteiger partial charge in [0.25, 0.3) is 5.91 Å². The van der Waals surface area contributed by atoms with Gasteiger partial charge in [0, 0.05) is 30.2 Å². The van der Waals surface area contributed by atoms with Crippen molar-refractivity contribution >= 4 is 33.4 Å². The number of carbonyl (C=O) groups excluding carboxylic acids is 1. The fourth-order valence-corrected chi connectivity index (χ4v) is 4.59. The lowest BCUT2D eigenvalue weighted by Crippen LogP contribution is -2.29. The summed E-state index contributed by atoms with van der Waals surface area (Å²) in [6.07, 6.45) is 1.17. The lowest BCUT2D eigenvalue weighted by atomic mass is 10.1. The van der Waals surface area contributed by atoms with Gasteiger partial charge in [0.1, 0.15) is 0 Å². The SMILES string of the molecule is CCN(c1ccc(C(=O)NCCSCc2ccccc2C)cc1)S(C)(=O)=O. The molecule has 0 heterocycles. The van der Waals surface area contributed by atoms with Gasteiger partial charge in [-0.15, -0.1) is 0 Å². The molecule has 0 saturated heterocycles. The summed E-state index contributed by atoms with van der Waals surface area (Å²) in [5.74, 6) is 1.60. The summed E-state index contributed by atoms with van der Waals surface area (Å²) < 4.78 is 24.8. The zero-order valence-electron chi connectivity index (χ0n) is 15.9. The molecule has 0 fully saturated rings. The number of amides is 1. The number of nitrogens with one attached hydrogen (secondary N) is 1. The number of sulfonamides is 1. The van der Waals surface area contributed by atoms with Gasteiger partial charge in [-0.2, -0.15) is 11.8 Å². The predicted octanol–water partition coefficient (Wildman–Crippen LogP) is 3.44. The highest BCUT2D eigenvalue weighted by atomic mass is 32.2. The molecule has 0 aromatic heterocycles. The Kier molecular flexibility index (Phi) is 7.74. The molecular weight excluding hydrogens is 380 g/mol. The number of nitrogens with zero attached hydrogens (tertiary/aromatic N) is 1. The lowest BCUT2D eigenvalue weighted by molar-refractivity contribution is 0.0956. The van der Waals surface area contributed by atoms with Crippen LogP contribution in [0.4, 0.5) is 5.69 Å². The van der Waals surface area contributed by atoms with Crippen molar-refractivity contribution in [1.82, 2.24) is 5.32 Å². The summed E-state index contributed by atoms with van der Waals surface area (Å²) in [6, 6.07) is 14.9. The zero-order valence-corrected chi connectivity index (χ0v) is 17.6. The van der Waals surface area contributed by atoms with Gasteiger partial charge >= 0.3 is 0 Å². The van der Waals surface area contributed by atoms with Crippen molar-refractivity contribution in [2.75, 3.05) is 29.4 Å². The van der Waals surface area contributed by atoms with Crippen LogP contribution >= 0.6 is 11.8 Å². The van der Waals surface area contributed by atoms with Crippen LogP contribution in [0.15, 0.2) is 48.5 Å². The van der Waals surface area contributed by atoms with E-state index >= 15 is 0 Å². The molecule has 27 heavy (non-hydrogen) atoms. The van der Waals surface area contributed by atoms with Crippen LogP contribution < -0.4 is 9.62 Å². The average Bonchev–Trinajstić information content (AvgIpc) is 2.62. The van der Waals surface area contributed by atoms with E-state index in [-0.39, 0.29) is 5.91 Å². The smallest absolute Gasteiger partial charge is 0.251 e. The maximum absolute atomic E-state index is 12.2. The quantitative estimate of drug-likeness (QED) is 0.648. The Morgan fingerprint density at radius 3 is 2.37 bits per heavy atom. The standard InChI is InChI=1S/C20H26N2O3S2/c1-4-22(27(3,24)25)19-11-9-17(10-12-19)20(23)21-13-14-26-15-18-8-6-5-7-16(18)2/h5-12H,4,13-15H2,1-3H3,(H,21,23). The Bertz CT molecular complexity index is 865. The number of carbonyl (C=O) groups is 1. The van der Waals surface area contributed by atoms with E-state index < -0.39 is 10.0 Å². The molecule has 0 aliphatic carbocycles. The third-order valence-corrected chi connectivity index (χ3v) is 6.43. The van der Waals surface area contributed by atoms with E-state index in [1.807, 2.05) is 12.1 Å². The molecule has 7 heteroatoms. The van der Waals surface area contributed by atoms with Crippen LogP contribution in [0, 0.1) is 6.92 Å². The van der Waals surface area contributed by atoms with Gasteiger partial charge in [-0.3, -0.25) is 9.10 Å². The van der Waals surface area contributed by atoms with Crippen molar-refractivity contribution in [2.24, 2.45) is 0 Å². The number of benzene rings is 2. The Hall–Kier alpha value is -1.99. The van der Waals surface area contributed by atoms with Crippen molar-refractivity contribution in [2.45, 2.75) is 19.6 Å². The lowest BCUT2D eigenvalue weighted by Gasteiger charge is -2.20. The summed E-state index contributed by atoms with van der Waals surface area (Å²) in [5, 5.41) is 2.90. The third kappa shape index (κ3) is 6.29. The second-order valence-electron chi connectivity index (χ2n) is 6.21. The summed E-state index contributed by atoms with van der Waals surface area (Å²) in [6.45, 7) is 4.81. The van der Waals surface area contributed by atoms with Crippen molar-refractivity contribution in [3.05, 3.63) is 65.2 Å². The molecule has 2 aromatic rings. The molecule has 0 atom stereocenters. The first-order chi connectivity index (χ1) is 12.8. The molecule has 0 unspecified atom stereocenters. The highest BCUT2D eigenvalue weighted by Gasteiger charge is 2.15. The Morgan fingerprint density at radius 2 is 1.78 bits per heavy atom. The van der Waals surface area contributed by atoms with E-state index in [0.717, 1.165) is 11.5 Å². The highest BCUT2D eigenvalue weighted by molar-refractivity contribution is 7.98. The Labute approximate surface area is 166 Å². The summed E-state index contributed by atoms with van der Waals surface area (Å²) in [4.78, 5) is 12.2. The first kappa shape index (κ1) is 21.3. The molecule has 2 aromatic carbocycles. The van der Waals surface area contributed by atoms with Gasteiger partial charge in [0.05, 0.1) is 11.9 Å². The molecule has 0 aliphatic rings. The van der Waals surface area contributed by atoms with Gasteiger partial charge < -0.3 is 5.32 Å². The normalized spacial score (nSPS) is 11.2. The van der Waals surface area contributed by atoms with Crippen LogP contribution in [-0.2, 0) is 15.8 Å². The van der Waals surface area contributed by atoms with Gasteiger partial charge in [-0.25, -0.2) is 8.42 Å². The second-order valence-corrected chi connectivity index (χ2v) is 9.22. The molecule has 5 nitrogen and oxygen atoms in total. The topological polar surface area (TPSA) is 66.5 Å². The Balaban J connectivity index is 1.81. The van der Waals surface area contributed by atoms with Crippen molar-refractivity contribution in [1.29, 1.82) is 0 Å². The van der Waals surface area contributed by atoms with E-state index in [9.17, 15) is 13.2 Å². The summed E-state index contributed by atoms with van der Waals surface area (Å²) in [5.41, 5.74) is 3.68. The van der Waals surface area contributed by atoms with Crippen molar-refractivity contribution in [3.8, 4) is 0 Å². The number of anilines is 1. The molecule has 0 bridgehead atoms. The molecule has 1 N–H and O–H groups in total. The predicted molar refractivity (Wildman–Crippen MR) is 114 cm³/mol. The Morgan fingerprint density at radius 1 is 1.11 bits per heavy atom. The summed E-state index contributed by atoms with van der Waals surface area (Å²) >= 11 is 1.78. The number of hydrogen-bond donors (Lipinski definition) is 1. The maximum atomic E-state index is 12.2. The first-order valence-corrected chi connectivity index (χ1v) is 11.8. The van der Waals surface area contributed by atoms with E-state index in [1.54, 1.807) is 43.0 Å². The first-order valence-electron chi connectivity index (χ1n) is 8.81. The van der Waals surface area contributed by atoms with Crippen LogP contribution in [-0.4, -0.2) is 39.4 Å². The minimum Gasteiger partial charge on any atom is -0.351 e. The number of hydrogen-bond acceptors (Lipinski definition) is 4. The van der Waals surface area contributed by atoms with Crippen LogP contribution in [0.5, 0.6) is 0 Å². The molecular formula is C20H26N2O3S2. The zero-order chi connectivity index (χ0) is 19.9. The van der Waals surface area contributed by atoms with Gasteiger partial charge in [-0.05, 0) is 49.2 Å². The molecule has 2 rings (SSSR count). The van der Waals surface area contributed by atoms with Gasteiger partial charge in [-0.1, -0.05) is 24.3 Å². The number of thioether (sulfide) groups is 1. The minimum absolute atomic E-state index is 0.152. The largest absolute Gasteiger partial charge is 0.351 e. The minimum atomic E-state index is -3.32. The van der Waals surface area contributed by atoms with E-state index in [1.165, 1.54) is 21.7 Å². The van der Waals surface area contributed by atoms with Crippen LogP contribution in [0.3, 0.4) is 0 Å². The summed E-state index contributed by atoms with van der Waals surface area (Å²) in [7, 11) is -3.32. The second kappa shape index (κ2) is 9.80.